The van der Waals surface area contributed by atoms with E-state index in [0.29, 0.717) is 49.2 Å². The Kier molecular flexibility index (Phi) is 5.18. The minimum Gasteiger partial charge on any atom is -0.486 e. The third-order valence-electron chi connectivity index (χ3n) is 6.41. The van der Waals surface area contributed by atoms with E-state index in [2.05, 4.69) is 9.88 Å². The molecule has 0 spiro atoms. The number of rotatable bonds is 4. The van der Waals surface area contributed by atoms with Crippen LogP contribution < -0.4 is 9.64 Å². The van der Waals surface area contributed by atoms with Crippen LogP contribution in [0.3, 0.4) is 0 Å². The third-order valence-corrected chi connectivity index (χ3v) is 7.21. The van der Waals surface area contributed by atoms with Crippen LogP contribution in [-0.2, 0) is 9.47 Å². The van der Waals surface area contributed by atoms with Crippen LogP contribution in [0.1, 0.15) is 33.6 Å². The molecule has 1 amide bonds. The first-order valence-electron chi connectivity index (χ1n) is 11.7. The van der Waals surface area contributed by atoms with Gasteiger partial charge in [0.05, 0.1) is 30.9 Å². The summed E-state index contributed by atoms with van der Waals surface area (Å²) < 4.78 is 23.7. The van der Waals surface area contributed by atoms with Gasteiger partial charge in [0.1, 0.15) is 22.5 Å². The molecule has 10 heteroatoms. The number of carbonyl (C=O) groups excluding carboxylic acids is 1. The molecule has 4 saturated heterocycles. The van der Waals surface area contributed by atoms with Gasteiger partial charge in [0, 0.05) is 31.1 Å². The number of ether oxygens (including phenoxy) is 3. The summed E-state index contributed by atoms with van der Waals surface area (Å²) in [5.74, 6) is 0.693. The number of hydrogen-bond acceptors (Lipinski definition) is 9. The van der Waals surface area contributed by atoms with Gasteiger partial charge in [-0.2, -0.15) is 4.98 Å². The van der Waals surface area contributed by atoms with Gasteiger partial charge in [-0.25, -0.2) is 9.78 Å². The minimum absolute atomic E-state index is 0.0130. The molecule has 0 N–H and O–H groups in total. The fraction of sp³-hybridized carbons (Fsp3) is 0.542. The highest BCUT2D eigenvalue weighted by Gasteiger charge is 2.49. The van der Waals surface area contributed by atoms with Gasteiger partial charge in [-0.3, -0.25) is 4.90 Å². The third kappa shape index (κ3) is 3.88. The topological polar surface area (TPSA) is 90.2 Å². The van der Waals surface area contributed by atoms with Crippen molar-refractivity contribution < 1.29 is 23.4 Å². The molecule has 4 fully saturated rings. The van der Waals surface area contributed by atoms with Gasteiger partial charge in [0.2, 0.25) is 0 Å². The van der Waals surface area contributed by atoms with E-state index in [1.807, 2.05) is 43.2 Å². The van der Waals surface area contributed by atoms with Crippen LogP contribution in [-0.4, -0.2) is 71.1 Å². The summed E-state index contributed by atoms with van der Waals surface area (Å²) in [6, 6.07) is 4.66. The normalized spacial score (nSPS) is 24.4. The first-order chi connectivity index (χ1) is 16.4. The molecule has 6 heterocycles. The molecule has 2 aromatic heterocycles. The predicted molar refractivity (Wildman–Crippen MR) is 127 cm³/mol. The molecule has 3 atom stereocenters. The standard InChI is InChI=1S/C24H28N4O5S/c1-24(2,3)33-23(29)28-14-10-15(28)12-27(11-14)22-26-19-18(31-16-6-8-30-13-16)5-4-17(20(19)32-22)21-25-7-9-34-21/h4-5,7,9,14-16H,6,8,10-13H2,1-3H3. The number of piperazine rings is 1. The highest BCUT2D eigenvalue weighted by molar-refractivity contribution is 7.13. The smallest absolute Gasteiger partial charge is 0.410 e. The molecule has 9 nitrogen and oxygen atoms in total. The van der Waals surface area contributed by atoms with E-state index in [9.17, 15) is 4.79 Å². The molecule has 2 bridgehead atoms. The van der Waals surface area contributed by atoms with Gasteiger partial charge in [0.25, 0.3) is 6.01 Å². The molecule has 4 aliphatic rings. The second-order valence-corrected chi connectivity index (χ2v) is 11.0. The van der Waals surface area contributed by atoms with E-state index in [4.69, 9.17) is 23.6 Å². The lowest BCUT2D eigenvalue weighted by Crippen LogP contribution is -2.70. The van der Waals surface area contributed by atoms with E-state index in [1.54, 1.807) is 17.5 Å². The van der Waals surface area contributed by atoms with Crippen LogP contribution in [0.25, 0.3) is 21.7 Å². The van der Waals surface area contributed by atoms with Gasteiger partial charge in [-0.05, 0) is 39.3 Å². The SMILES string of the molecule is CC(C)(C)OC(=O)N1C2CC1CN(c1nc3c(OC4CCOC4)ccc(-c4nccs4)c3o1)C2. The van der Waals surface area contributed by atoms with Crippen LogP contribution in [0.15, 0.2) is 28.1 Å². The second kappa shape index (κ2) is 8.13. The number of nitrogens with zero attached hydrogens (tertiary/aromatic N) is 4. The maximum absolute atomic E-state index is 12.6. The van der Waals surface area contributed by atoms with Crippen molar-refractivity contribution in [2.75, 3.05) is 31.2 Å². The number of amides is 1. The Morgan fingerprint density at radius 1 is 1.24 bits per heavy atom. The monoisotopic (exact) mass is 484 g/mol. The molecule has 0 saturated carbocycles. The highest BCUT2D eigenvalue weighted by Crippen LogP contribution is 2.41. The molecule has 0 aliphatic carbocycles. The van der Waals surface area contributed by atoms with Crippen molar-refractivity contribution in [1.82, 2.24) is 14.9 Å². The quantitative estimate of drug-likeness (QED) is 0.541. The summed E-state index contributed by atoms with van der Waals surface area (Å²) in [6.07, 6.45) is 3.38. The fourth-order valence-electron chi connectivity index (χ4n) is 4.89. The number of benzene rings is 1. The first kappa shape index (κ1) is 21.7. The van der Waals surface area contributed by atoms with Crippen LogP contribution in [0.5, 0.6) is 5.75 Å². The Morgan fingerprint density at radius 3 is 2.74 bits per heavy atom. The van der Waals surface area contributed by atoms with Gasteiger partial charge in [0.15, 0.2) is 11.1 Å². The first-order valence-corrected chi connectivity index (χ1v) is 12.6. The van der Waals surface area contributed by atoms with E-state index < -0.39 is 5.60 Å². The van der Waals surface area contributed by atoms with Crippen LogP contribution in [0, 0.1) is 0 Å². The summed E-state index contributed by atoms with van der Waals surface area (Å²) in [5.41, 5.74) is 1.76. The number of aromatic nitrogens is 2. The van der Waals surface area contributed by atoms with Crippen LogP contribution >= 0.6 is 11.3 Å². The van der Waals surface area contributed by atoms with Gasteiger partial charge >= 0.3 is 6.09 Å². The lowest BCUT2D eigenvalue weighted by Gasteiger charge is -2.55. The number of thiazole rings is 1. The van der Waals surface area contributed by atoms with Gasteiger partial charge in [-0.15, -0.1) is 11.3 Å². The minimum atomic E-state index is -0.506. The Bertz CT molecular complexity index is 1190. The average molecular weight is 485 g/mol. The molecule has 180 valence electrons. The largest absolute Gasteiger partial charge is 0.486 e. The molecular formula is C24H28N4O5S. The van der Waals surface area contributed by atoms with E-state index in [1.165, 1.54) is 0 Å². The van der Waals surface area contributed by atoms with Crippen LogP contribution in [0.2, 0.25) is 0 Å². The lowest BCUT2D eigenvalue weighted by molar-refractivity contribution is -0.0386. The molecule has 3 aromatic rings. The maximum atomic E-state index is 12.6. The van der Waals surface area contributed by atoms with Gasteiger partial charge < -0.3 is 23.5 Å². The van der Waals surface area contributed by atoms with Crippen molar-refractivity contribution in [3.05, 3.63) is 23.7 Å². The number of fused-ring (bicyclic) bond motifs is 3. The van der Waals surface area contributed by atoms with Crippen LogP contribution in [0.4, 0.5) is 10.8 Å². The molecule has 1 aromatic carbocycles. The predicted octanol–water partition coefficient (Wildman–Crippen LogP) is 4.32. The molecule has 3 unspecified atom stereocenters. The number of hydrogen-bond donors (Lipinski definition) is 0. The molecular weight excluding hydrogens is 456 g/mol. The summed E-state index contributed by atoms with van der Waals surface area (Å²) in [7, 11) is 0. The Balaban J connectivity index is 1.29. The zero-order chi connectivity index (χ0) is 23.4. The van der Waals surface area contributed by atoms with Gasteiger partial charge in [-0.1, -0.05) is 0 Å². The second-order valence-electron chi connectivity index (χ2n) is 10.1. The highest BCUT2D eigenvalue weighted by atomic mass is 32.1. The fourth-order valence-corrected chi connectivity index (χ4v) is 5.55. The van der Waals surface area contributed by atoms with E-state index in [-0.39, 0.29) is 24.3 Å². The zero-order valence-corrected chi connectivity index (χ0v) is 20.3. The number of anilines is 1. The average Bonchev–Trinajstić information content (AvgIpc) is 3.54. The Labute approximate surface area is 201 Å². The Morgan fingerprint density at radius 2 is 2.06 bits per heavy atom. The zero-order valence-electron chi connectivity index (χ0n) is 19.5. The lowest BCUT2D eigenvalue weighted by atomic mass is 9.88. The van der Waals surface area contributed by atoms with Crippen molar-refractivity contribution in [1.29, 1.82) is 0 Å². The summed E-state index contributed by atoms with van der Waals surface area (Å²) >= 11 is 1.56. The van der Waals surface area contributed by atoms with E-state index in [0.717, 1.165) is 23.4 Å². The van der Waals surface area contributed by atoms with Crippen molar-refractivity contribution in [3.8, 4) is 16.3 Å². The number of oxazole rings is 1. The van der Waals surface area contributed by atoms with Crippen molar-refractivity contribution >= 4 is 34.5 Å². The molecule has 0 radical (unpaired) electrons. The van der Waals surface area contributed by atoms with Crippen molar-refractivity contribution in [2.45, 2.75) is 57.4 Å². The Hall–Kier alpha value is -2.85. The summed E-state index contributed by atoms with van der Waals surface area (Å²) in [5, 5.41) is 2.82. The van der Waals surface area contributed by atoms with Crippen molar-refractivity contribution in [3.63, 3.8) is 0 Å². The summed E-state index contributed by atoms with van der Waals surface area (Å²) in [6.45, 7) is 8.27. The molecule has 4 aliphatic heterocycles. The maximum Gasteiger partial charge on any atom is 0.410 e. The number of piperidine rings is 1. The van der Waals surface area contributed by atoms with E-state index >= 15 is 0 Å². The number of carbonyl (C=O) groups is 1. The van der Waals surface area contributed by atoms with Crippen molar-refractivity contribution in [2.24, 2.45) is 0 Å². The molecule has 34 heavy (non-hydrogen) atoms. The molecule has 7 rings (SSSR count). The summed E-state index contributed by atoms with van der Waals surface area (Å²) in [4.78, 5) is 26.0.